The minimum absolute atomic E-state index is 0.297. The second-order valence-corrected chi connectivity index (χ2v) is 7.36. The first-order valence-corrected chi connectivity index (χ1v) is 9.16. The van der Waals surface area contributed by atoms with Crippen molar-refractivity contribution in [1.82, 2.24) is 0 Å². The molecule has 1 atom stereocenters. The number of nitrogens with one attached hydrogen (secondary N) is 1. The molecule has 0 amide bonds. The predicted molar refractivity (Wildman–Crippen MR) is 96.9 cm³/mol. The summed E-state index contributed by atoms with van der Waals surface area (Å²) in [6.07, 6.45) is 0.935. The zero-order valence-corrected chi connectivity index (χ0v) is 16.3. The molecule has 3 rings (SSSR count). The lowest BCUT2D eigenvalue weighted by Crippen LogP contribution is -2.38. The van der Waals surface area contributed by atoms with E-state index in [1.54, 1.807) is 6.07 Å². The first kappa shape index (κ1) is 17.4. The Labute approximate surface area is 156 Å². The molecule has 1 N–H and O–H groups in total. The van der Waals surface area contributed by atoms with Crippen molar-refractivity contribution in [3.8, 4) is 0 Å². The Balaban J connectivity index is 2.08. The molecule has 1 aliphatic heterocycles. The SMILES string of the molecule is CCC1(CC)OC(c2ccc([N+](=O)[O-])o2)Nc2c(Br)cc(Br)cc21. The number of fused-ring (bicyclic) bond motifs is 1. The lowest BCUT2D eigenvalue weighted by molar-refractivity contribution is -0.402. The van der Waals surface area contributed by atoms with Gasteiger partial charge in [-0.3, -0.25) is 10.1 Å². The van der Waals surface area contributed by atoms with Crippen molar-refractivity contribution < 1.29 is 14.1 Å². The number of nitrogens with zero attached hydrogens (tertiary/aromatic N) is 1. The lowest BCUT2D eigenvalue weighted by atomic mass is 9.85. The summed E-state index contributed by atoms with van der Waals surface area (Å²) >= 11 is 7.11. The molecule has 8 heteroatoms. The van der Waals surface area contributed by atoms with Crippen LogP contribution < -0.4 is 5.32 Å². The molecule has 1 aromatic carbocycles. The van der Waals surface area contributed by atoms with Crippen molar-refractivity contribution in [2.45, 2.75) is 38.5 Å². The van der Waals surface area contributed by atoms with Crippen molar-refractivity contribution in [2.24, 2.45) is 0 Å². The van der Waals surface area contributed by atoms with Crippen LogP contribution >= 0.6 is 31.9 Å². The zero-order chi connectivity index (χ0) is 17.5. The van der Waals surface area contributed by atoms with Gasteiger partial charge in [-0.25, -0.2) is 0 Å². The van der Waals surface area contributed by atoms with Gasteiger partial charge in [-0.15, -0.1) is 0 Å². The van der Waals surface area contributed by atoms with Crippen molar-refractivity contribution in [1.29, 1.82) is 0 Å². The number of furan rings is 1. The van der Waals surface area contributed by atoms with Gasteiger partial charge in [-0.1, -0.05) is 29.8 Å². The molecule has 2 heterocycles. The van der Waals surface area contributed by atoms with Gasteiger partial charge >= 0.3 is 5.88 Å². The monoisotopic (exact) mass is 458 g/mol. The average Bonchev–Trinajstić information content (AvgIpc) is 3.04. The molecule has 128 valence electrons. The Hall–Kier alpha value is -1.38. The topological polar surface area (TPSA) is 77.5 Å². The van der Waals surface area contributed by atoms with Gasteiger partial charge in [-0.05, 0) is 47.0 Å². The van der Waals surface area contributed by atoms with Crippen molar-refractivity contribution >= 4 is 43.4 Å². The van der Waals surface area contributed by atoms with Crippen LogP contribution in [0.2, 0.25) is 0 Å². The van der Waals surface area contributed by atoms with E-state index in [1.807, 2.05) is 12.1 Å². The van der Waals surface area contributed by atoms with E-state index in [9.17, 15) is 10.1 Å². The fourth-order valence-electron chi connectivity index (χ4n) is 3.04. The van der Waals surface area contributed by atoms with Crippen LogP contribution in [0.15, 0.2) is 37.6 Å². The number of rotatable bonds is 4. The fraction of sp³-hybridized carbons (Fsp3) is 0.375. The Morgan fingerprint density at radius 2 is 2.00 bits per heavy atom. The maximum absolute atomic E-state index is 10.9. The summed E-state index contributed by atoms with van der Waals surface area (Å²) in [5, 5.41) is 14.1. The van der Waals surface area contributed by atoms with Gasteiger partial charge in [0, 0.05) is 14.5 Å². The summed E-state index contributed by atoms with van der Waals surface area (Å²) in [7, 11) is 0. The predicted octanol–water partition coefficient (Wildman–Crippen LogP) is 5.87. The molecule has 24 heavy (non-hydrogen) atoms. The molecule has 0 bridgehead atoms. The van der Waals surface area contributed by atoms with Gasteiger partial charge < -0.3 is 14.5 Å². The summed E-state index contributed by atoms with van der Waals surface area (Å²) in [6.45, 7) is 4.13. The molecular formula is C16H16Br2N2O4. The second kappa shape index (κ2) is 6.50. The Bertz CT molecular complexity index is 786. The Morgan fingerprint density at radius 1 is 1.29 bits per heavy atom. The normalized spacial score (nSPS) is 18.8. The van der Waals surface area contributed by atoms with E-state index < -0.39 is 16.8 Å². The number of halogens is 2. The van der Waals surface area contributed by atoms with E-state index in [0.717, 1.165) is 33.0 Å². The van der Waals surface area contributed by atoms with Crippen LogP contribution in [-0.4, -0.2) is 4.92 Å². The highest BCUT2D eigenvalue weighted by atomic mass is 79.9. The van der Waals surface area contributed by atoms with Crippen LogP contribution in [0.1, 0.15) is 44.2 Å². The largest absolute Gasteiger partial charge is 0.433 e. The van der Waals surface area contributed by atoms with E-state index >= 15 is 0 Å². The summed E-state index contributed by atoms with van der Waals surface area (Å²) in [6, 6.07) is 6.91. The highest BCUT2D eigenvalue weighted by Crippen LogP contribution is 2.49. The van der Waals surface area contributed by atoms with Gasteiger partial charge in [0.2, 0.25) is 0 Å². The molecule has 1 aliphatic rings. The van der Waals surface area contributed by atoms with Crippen LogP contribution in [0, 0.1) is 10.1 Å². The molecule has 0 saturated carbocycles. The second-order valence-electron chi connectivity index (χ2n) is 5.59. The van der Waals surface area contributed by atoms with E-state index in [1.165, 1.54) is 6.07 Å². The molecule has 0 radical (unpaired) electrons. The van der Waals surface area contributed by atoms with Gasteiger partial charge in [0.25, 0.3) is 0 Å². The third kappa shape index (κ3) is 2.87. The quantitative estimate of drug-likeness (QED) is 0.457. The Morgan fingerprint density at radius 3 is 2.58 bits per heavy atom. The van der Waals surface area contributed by atoms with E-state index in [-0.39, 0.29) is 5.88 Å². The van der Waals surface area contributed by atoms with Crippen molar-refractivity contribution in [3.63, 3.8) is 0 Å². The number of ether oxygens (including phenoxy) is 1. The molecule has 0 fully saturated rings. The maximum Gasteiger partial charge on any atom is 0.433 e. The zero-order valence-electron chi connectivity index (χ0n) is 13.1. The standard InChI is InChI=1S/C16H16Br2N2O4/c1-3-16(4-2)10-7-9(17)8-11(18)14(10)19-15(24-16)12-5-6-13(23-12)20(21)22/h5-8,15,19H,3-4H2,1-2H3. The first-order chi connectivity index (χ1) is 11.4. The van der Waals surface area contributed by atoms with Gasteiger partial charge in [-0.2, -0.15) is 0 Å². The summed E-state index contributed by atoms with van der Waals surface area (Å²) in [5.74, 6) is 0.0862. The highest BCUT2D eigenvalue weighted by Gasteiger charge is 2.41. The van der Waals surface area contributed by atoms with E-state index in [0.29, 0.717) is 5.76 Å². The first-order valence-electron chi connectivity index (χ1n) is 7.58. The van der Waals surface area contributed by atoms with Gasteiger partial charge in [0.15, 0.2) is 12.0 Å². The van der Waals surface area contributed by atoms with Crippen LogP contribution in [-0.2, 0) is 10.3 Å². The van der Waals surface area contributed by atoms with E-state index in [4.69, 9.17) is 9.15 Å². The van der Waals surface area contributed by atoms with Gasteiger partial charge in [0.1, 0.15) is 4.92 Å². The molecule has 2 aromatic rings. The van der Waals surface area contributed by atoms with Crippen molar-refractivity contribution in [2.75, 3.05) is 5.32 Å². The van der Waals surface area contributed by atoms with E-state index in [2.05, 4.69) is 51.0 Å². The summed E-state index contributed by atoms with van der Waals surface area (Å²) < 4.78 is 13.5. The molecule has 1 aromatic heterocycles. The summed E-state index contributed by atoms with van der Waals surface area (Å²) in [4.78, 5) is 10.3. The third-order valence-electron chi connectivity index (χ3n) is 4.36. The number of benzene rings is 1. The number of anilines is 1. The molecule has 6 nitrogen and oxygen atoms in total. The maximum atomic E-state index is 10.9. The lowest BCUT2D eigenvalue weighted by Gasteiger charge is -2.42. The highest BCUT2D eigenvalue weighted by molar-refractivity contribution is 9.11. The molecule has 1 unspecified atom stereocenters. The molecule has 0 saturated heterocycles. The van der Waals surface area contributed by atoms with Gasteiger partial charge in [0.05, 0.1) is 17.4 Å². The van der Waals surface area contributed by atoms with Crippen LogP contribution in [0.3, 0.4) is 0 Å². The number of nitro groups is 1. The molecule has 0 aliphatic carbocycles. The number of hydrogen-bond acceptors (Lipinski definition) is 5. The minimum atomic E-state index is -0.594. The van der Waals surface area contributed by atoms with Crippen LogP contribution in [0.5, 0.6) is 0 Å². The smallest absolute Gasteiger partial charge is 0.401 e. The number of hydrogen-bond donors (Lipinski definition) is 1. The molecule has 0 spiro atoms. The summed E-state index contributed by atoms with van der Waals surface area (Å²) in [5.41, 5.74) is 1.46. The molecular weight excluding hydrogens is 444 g/mol. The third-order valence-corrected chi connectivity index (χ3v) is 5.44. The fourth-order valence-corrected chi connectivity index (χ4v) is 4.38. The van der Waals surface area contributed by atoms with Crippen molar-refractivity contribution in [3.05, 3.63) is 54.6 Å². The minimum Gasteiger partial charge on any atom is -0.401 e. The average molecular weight is 460 g/mol. The van der Waals surface area contributed by atoms with Crippen LogP contribution in [0.4, 0.5) is 11.6 Å². The van der Waals surface area contributed by atoms with Crippen LogP contribution in [0.25, 0.3) is 0 Å². The Kier molecular flexibility index (Phi) is 4.72.